The summed E-state index contributed by atoms with van der Waals surface area (Å²) in [5.41, 5.74) is 4.55. The Labute approximate surface area is 130 Å². The highest BCUT2D eigenvalue weighted by atomic mass is 16.5. The molecule has 2 rings (SSSR count). The van der Waals surface area contributed by atoms with Gasteiger partial charge in [0.25, 0.3) is 0 Å². The molecule has 1 aromatic carbocycles. The fourth-order valence-electron chi connectivity index (χ4n) is 2.91. The van der Waals surface area contributed by atoms with Crippen LogP contribution in [0, 0.1) is 5.92 Å². The molecule has 0 saturated heterocycles. The van der Waals surface area contributed by atoms with Gasteiger partial charge in [0.05, 0.1) is 6.61 Å². The first kappa shape index (κ1) is 16.5. The predicted molar refractivity (Wildman–Crippen MR) is 89.8 cm³/mol. The maximum Gasteiger partial charge on any atom is 0.0591 e. The minimum absolute atomic E-state index is 0.408. The second kappa shape index (κ2) is 8.55. The van der Waals surface area contributed by atoms with E-state index >= 15 is 0 Å². The van der Waals surface area contributed by atoms with Crippen molar-refractivity contribution >= 4 is 0 Å². The number of benzene rings is 1. The lowest BCUT2D eigenvalue weighted by Crippen LogP contribution is -2.24. The van der Waals surface area contributed by atoms with Crippen LogP contribution in [0.15, 0.2) is 18.2 Å². The molecule has 0 aliphatic heterocycles. The summed E-state index contributed by atoms with van der Waals surface area (Å²) < 4.78 is 5.66. The van der Waals surface area contributed by atoms with Crippen molar-refractivity contribution in [1.82, 2.24) is 5.32 Å². The van der Waals surface area contributed by atoms with Gasteiger partial charge >= 0.3 is 0 Å². The molecule has 1 aliphatic rings. The summed E-state index contributed by atoms with van der Waals surface area (Å²) in [6.45, 7) is 9.34. The molecule has 2 heteroatoms. The Balaban J connectivity index is 1.72. The van der Waals surface area contributed by atoms with E-state index in [0.717, 1.165) is 32.1 Å². The van der Waals surface area contributed by atoms with E-state index in [4.69, 9.17) is 4.74 Å². The first-order valence-electron chi connectivity index (χ1n) is 8.59. The highest BCUT2D eigenvalue weighted by molar-refractivity contribution is 5.35. The molecule has 0 bridgehead atoms. The van der Waals surface area contributed by atoms with Gasteiger partial charge in [-0.1, -0.05) is 32.0 Å². The maximum absolute atomic E-state index is 5.66. The number of nitrogens with one attached hydrogen (secondary N) is 1. The Morgan fingerprint density at radius 3 is 2.57 bits per heavy atom. The quantitative estimate of drug-likeness (QED) is 0.721. The number of hydrogen-bond donors (Lipinski definition) is 1. The Bertz CT molecular complexity index is 428. The molecule has 1 aliphatic carbocycles. The zero-order valence-electron chi connectivity index (χ0n) is 14.0. The van der Waals surface area contributed by atoms with Gasteiger partial charge in [0.2, 0.25) is 0 Å². The average Bonchev–Trinajstić information content (AvgIpc) is 2.49. The van der Waals surface area contributed by atoms with Crippen molar-refractivity contribution < 1.29 is 4.74 Å². The Hall–Kier alpha value is -0.860. The molecule has 21 heavy (non-hydrogen) atoms. The zero-order chi connectivity index (χ0) is 15.1. The molecule has 1 aromatic rings. The number of aryl methyl sites for hydroxylation is 2. The molecule has 0 radical (unpaired) electrons. The van der Waals surface area contributed by atoms with E-state index in [1.807, 2.05) is 0 Å². The van der Waals surface area contributed by atoms with Gasteiger partial charge in [-0.15, -0.1) is 0 Å². The highest BCUT2D eigenvalue weighted by Gasteiger charge is 2.12. The average molecular weight is 289 g/mol. The Morgan fingerprint density at radius 1 is 1.05 bits per heavy atom. The number of ether oxygens (including phenoxy) is 1. The molecule has 0 spiro atoms. The smallest absolute Gasteiger partial charge is 0.0591 e. The van der Waals surface area contributed by atoms with E-state index in [-0.39, 0.29) is 0 Å². The van der Waals surface area contributed by atoms with Crippen molar-refractivity contribution in [3.63, 3.8) is 0 Å². The number of fused-ring (bicyclic) bond motifs is 1. The van der Waals surface area contributed by atoms with Crippen LogP contribution in [0.1, 0.15) is 62.8 Å². The minimum atomic E-state index is 0.408. The fourth-order valence-corrected chi connectivity index (χ4v) is 2.91. The molecule has 2 nitrogen and oxygen atoms in total. The molecule has 118 valence electrons. The zero-order valence-corrected chi connectivity index (χ0v) is 14.0. The lowest BCUT2D eigenvalue weighted by atomic mass is 9.89. The lowest BCUT2D eigenvalue weighted by Gasteiger charge is -2.20. The molecule has 0 aromatic heterocycles. The van der Waals surface area contributed by atoms with Crippen molar-refractivity contribution in [2.45, 2.75) is 58.9 Å². The van der Waals surface area contributed by atoms with Crippen LogP contribution in [-0.2, 0) is 17.6 Å². The summed E-state index contributed by atoms with van der Waals surface area (Å²) in [7, 11) is 0. The van der Waals surface area contributed by atoms with Gasteiger partial charge in [-0.05, 0) is 61.6 Å². The predicted octanol–water partition coefficient (Wildman–Crippen LogP) is 4.28. The lowest BCUT2D eigenvalue weighted by molar-refractivity contribution is 0.123. The van der Waals surface area contributed by atoms with Crippen molar-refractivity contribution in [1.29, 1.82) is 0 Å². The third-order valence-corrected chi connectivity index (χ3v) is 4.41. The maximum atomic E-state index is 5.66. The first-order chi connectivity index (χ1) is 10.2. The van der Waals surface area contributed by atoms with Gasteiger partial charge in [0.15, 0.2) is 0 Å². The van der Waals surface area contributed by atoms with E-state index in [1.54, 1.807) is 11.1 Å². The highest BCUT2D eigenvalue weighted by Crippen LogP contribution is 2.24. The van der Waals surface area contributed by atoms with Gasteiger partial charge in [0.1, 0.15) is 0 Å². The first-order valence-corrected chi connectivity index (χ1v) is 8.59. The molecular formula is C19H31NO. The molecule has 1 N–H and O–H groups in total. The summed E-state index contributed by atoms with van der Waals surface area (Å²) >= 11 is 0. The summed E-state index contributed by atoms with van der Waals surface area (Å²) in [4.78, 5) is 0. The van der Waals surface area contributed by atoms with Gasteiger partial charge in [-0.2, -0.15) is 0 Å². The van der Waals surface area contributed by atoms with Gasteiger partial charge < -0.3 is 10.1 Å². The Morgan fingerprint density at radius 2 is 1.81 bits per heavy atom. The van der Waals surface area contributed by atoms with E-state index in [0.29, 0.717) is 6.04 Å². The van der Waals surface area contributed by atoms with Gasteiger partial charge in [-0.25, -0.2) is 0 Å². The van der Waals surface area contributed by atoms with E-state index < -0.39 is 0 Å². The third kappa shape index (κ3) is 5.44. The standard InChI is InChI=1S/C19H31NO/c1-15(2)10-12-21-13-11-20-16(3)18-9-8-17-6-4-5-7-19(17)14-18/h8-9,14-16,20H,4-7,10-13H2,1-3H3. The molecule has 0 heterocycles. The van der Waals surface area contributed by atoms with Gasteiger partial charge in [0, 0.05) is 19.2 Å². The topological polar surface area (TPSA) is 21.3 Å². The second-order valence-corrected chi connectivity index (χ2v) is 6.71. The molecule has 0 fully saturated rings. The van der Waals surface area contributed by atoms with E-state index in [2.05, 4.69) is 44.3 Å². The number of hydrogen-bond acceptors (Lipinski definition) is 2. The SMILES string of the molecule is CC(C)CCOCCNC(C)c1ccc2c(c1)CCCC2. The summed E-state index contributed by atoms with van der Waals surface area (Å²) in [6, 6.07) is 7.44. The molecular weight excluding hydrogens is 258 g/mol. The van der Waals surface area contributed by atoms with E-state index in [1.165, 1.54) is 31.2 Å². The summed E-state index contributed by atoms with van der Waals surface area (Å²) in [6.07, 6.45) is 6.38. The largest absolute Gasteiger partial charge is 0.380 e. The molecule has 0 saturated carbocycles. The van der Waals surface area contributed by atoms with Gasteiger partial charge in [-0.3, -0.25) is 0 Å². The van der Waals surface area contributed by atoms with Crippen LogP contribution in [0.5, 0.6) is 0 Å². The monoisotopic (exact) mass is 289 g/mol. The van der Waals surface area contributed by atoms with Crippen LogP contribution in [0.4, 0.5) is 0 Å². The van der Waals surface area contributed by atoms with Crippen molar-refractivity contribution in [2.24, 2.45) is 5.92 Å². The van der Waals surface area contributed by atoms with Crippen LogP contribution in [0.2, 0.25) is 0 Å². The summed E-state index contributed by atoms with van der Waals surface area (Å²) in [5, 5.41) is 3.57. The second-order valence-electron chi connectivity index (χ2n) is 6.71. The molecule has 1 atom stereocenters. The fraction of sp³-hybridized carbons (Fsp3) is 0.684. The van der Waals surface area contributed by atoms with Crippen LogP contribution in [0.3, 0.4) is 0 Å². The van der Waals surface area contributed by atoms with E-state index in [9.17, 15) is 0 Å². The van der Waals surface area contributed by atoms with Crippen LogP contribution in [0.25, 0.3) is 0 Å². The van der Waals surface area contributed by atoms with Crippen LogP contribution in [-0.4, -0.2) is 19.8 Å². The Kier molecular flexibility index (Phi) is 6.72. The third-order valence-electron chi connectivity index (χ3n) is 4.41. The number of rotatable bonds is 8. The van der Waals surface area contributed by atoms with Crippen molar-refractivity contribution in [3.8, 4) is 0 Å². The van der Waals surface area contributed by atoms with Crippen molar-refractivity contribution in [3.05, 3.63) is 34.9 Å². The van der Waals surface area contributed by atoms with Crippen molar-refractivity contribution in [2.75, 3.05) is 19.8 Å². The van der Waals surface area contributed by atoms with Crippen LogP contribution >= 0.6 is 0 Å². The summed E-state index contributed by atoms with van der Waals surface area (Å²) in [5.74, 6) is 0.729. The molecule has 0 amide bonds. The minimum Gasteiger partial charge on any atom is -0.380 e. The normalized spacial score (nSPS) is 16.0. The molecule has 1 unspecified atom stereocenters. The van der Waals surface area contributed by atoms with Crippen LogP contribution < -0.4 is 5.32 Å².